The zero-order valence-corrected chi connectivity index (χ0v) is 54.1. The number of halogens is 2. The van der Waals surface area contributed by atoms with Crippen molar-refractivity contribution >= 4 is 102 Å². The first-order chi connectivity index (χ1) is 46.8. The molecule has 0 atom stereocenters. The van der Waals surface area contributed by atoms with Gasteiger partial charge in [0.25, 0.3) is 34.4 Å². The molecule has 494 valence electrons. The third-order valence-corrected chi connectivity index (χ3v) is 15.9. The molecule has 0 saturated heterocycles. The molecule has 6 N–H and O–H groups in total. The van der Waals surface area contributed by atoms with E-state index < -0.39 is 0 Å². The quantitative estimate of drug-likeness (QED) is 0.0491. The second-order valence-electron chi connectivity index (χ2n) is 21.3. The number of benzene rings is 5. The zero-order chi connectivity index (χ0) is 68.2. The molecule has 96 heavy (non-hydrogen) atoms. The van der Waals surface area contributed by atoms with Gasteiger partial charge < -0.3 is 45.5 Å². The highest BCUT2D eigenvalue weighted by molar-refractivity contribution is 6.34. The molecule has 0 unspecified atom stereocenters. The van der Waals surface area contributed by atoms with Crippen LogP contribution in [0, 0.1) is 0 Å². The molecule has 14 rings (SSSR count). The Bertz CT molecular complexity index is 4660. The van der Waals surface area contributed by atoms with Gasteiger partial charge in [0, 0.05) is 37.1 Å². The predicted molar refractivity (Wildman–Crippen MR) is 368 cm³/mol. The Morgan fingerprint density at radius 1 is 0.521 bits per heavy atom. The molecular formula is C67H67Cl2N17O10. The van der Waals surface area contributed by atoms with Crippen LogP contribution < -0.4 is 57.1 Å². The summed E-state index contributed by atoms with van der Waals surface area (Å²) in [6.07, 6.45) is 9.67. The van der Waals surface area contributed by atoms with E-state index in [-0.39, 0.29) is 118 Å². The monoisotopic (exact) mass is 1340 g/mol. The smallest absolute Gasteiger partial charge is 0.274 e. The number of allylic oxidation sites excluding steroid dienone is 2. The molecule has 9 heterocycles. The lowest BCUT2D eigenvalue weighted by Crippen LogP contribution is -2.32. The normalized spacial score (nSPS) is 13.2. The number of aromatic nitrogens is 12. The van der Waals surface area contributed by atoms with Crippen molar-refractivity contribution in [3.05, 3.63) is 224 Å². The third-order valence-electron chi connectivity index (χ3n) is 15.6. The lowest BCUT2D eigenvalue weighted by molar-refractivity contribution is 0.0981. The number of amides is 3. The number of hydrogen-bond donors (Lipinski definition) is 4. The van der Waals surface area contributed by atoms with Crippen LogP contribution >= 0.6 is 23.2 Å². The molecular weight excluding hydrogens is 1270 g/mol. The number of anilines is 5. The largest absolute Gasteiger partial charge is 0.475 e. The Morgan fingerprint density at radius 3 is 1.32 bits per heavy atom. The van der Waals surface area contributed by atoms with Crippen LogP contribution in [0.1, 0.15) is 55.5 Å². The minimum atomic E-state index is -0.373. The molecule has 0 bridgehead atoms. The summed E-state index contributed by atoms with van der Waals surface area (Å²) in [6.45, 7) is 13.8. The van der Waals surface area contributed by atoms with Crippen LogP contribution in [0.2, 0.25) is 5.15 Å². The fourth-order valence-corrected chi connectivity index (χ4v) is 11.5. The number of H-pyrrole nitrogens is 1. The molecule has 3 aliphatic heterocycles. The van der Waals surface area contributed by atoms with Gasteiger partial charge in [-0.05, 0) is 72.1 Å². The summed E-state index contributed by atoms with van der Waals surface area (Å²) in [7, 11) is 1.00. The Balaban J connectivity index is 0.000000154. The molecule has 3 amide bonds. The van der Waals surface area contributed by atoms with E-state index in [0.29, 0.717) is 65.9 Å². The summed E-state index contributed by atoms with van der Waals surface area (Å²) in [5, 5.41) is 11.4. The first-order valence-electron chi connectivity index (χ1n) is 30.1. The number of carbonyl (C=O) groups is 3. The summed E-state index contributed by atoms with van der Waals surface area (Å²) in [6, 6.07) is 35.7. The summed E-state index contributed by atoms with van der Waals surface area (Å²) in [5.74, 6) is -0.459. The first-order valence-corrected chi connectivity index (χ1v) is 31.3. The number of nitrogens with two attached hydrogens (primary N) is 2. The Labute approximate surface area is 558 Å². The van der Waals surface area contributed by atoms with Gasteiger partial charge in [-0.3, -0.25) is 47.9 Å². The maximum Gasteiger partial charge on any atom is 0.274 e. The number of aliphatic hydroxyl groups excluding tert-OH is 1. The fraction of sp³-hybridized carbons (Fsp3) is 0.224. The van der Waals surface area contributed by atoms with Crippen molar-refractivity contribution in [2.75, 3.05) is 79.1 Å². The number of nitrogens with one attached hydrogen (secondary N) is 1. The van der Waals surface area contributed by atoms with Crippen LogP contribution in [0.5, 0.6) is 17.6 Å². The SMILES string of the molecule is C=CCn1c2ccc(N3CCOc4ncnc(Cl)c4C3=O)cc2c(=O)n1Cc1ccccc1.C=CCn1c2ccc(N3CCOc4ncnc(N)c4C3=O)cc2c(=O)n1Cc1ccccc1.CCCn1[nH]c(=O)c2cc(N3CCOc4ncnc(N)c4C3=O)ccc21.CCl.CO. The van der Waals surface area contributed by atoms with Gasteiger partial charge in [-0.25, -0.2) is 39.3 Å². The van der Waals surface area contributed by atoms with Crippen LogP contribution in [0.25, 0.3) is 32.7 Å². The van der Waals surface area contributed by atoms with Gasteiger partial charge >= 0.3 is 0 Å². The molecule has 0 saturated carbocycles. The number of ether oxygens (including phenoxy) is 3. The van der Waals surface area contributed by atoms with E-state index >= 15 is 0 Å². The number of hydrogen-bond acceptors (Lipinski definition) is 18. The van der Waals surface area contributed by atoms with Gasteiger partial charge in [-0.15, -0.1) is 24.8 Å². The Hall–Kier alpha value is -11.4. The van der Waals surface area contributed by atoms with Gasteiger partial charge in [0.1, 0.15) is 72.3 Å². The number of rotatable bonds is 13. The van der Waals surface area contributed by atoms with E-state index in [1.54, 1.807) is 39.7 Å². The Kier molecular flexibility index (Phi) is 21.5. The second-order valence-corrected chi connectivity index (χ2v) is 21.6. The van der Waals surface area contributed by atoms with Crippen molar-refractivity contribution in [3.63, 3.8) is 0 Å². The highest BCUT2D eigenvalue weighted by atomic mass is 35.5. The van der Waals surface area contributed by atoms with Crippen molar-refractivity contribution in [3.8, 4) is 17.6 Å². The number of fused-ring (bicyclic) bond motifs is 6. The summed E-state index contributed by atoms with van der Waals surface area (Å²) in [5.41, 5.74) is 17.8. The predicted octanol–water partition coefficient (Wildman–Crippen LogP) is 7.58. The van der Waals surface area contributed by atoms with Crippen molar-refractivity contribution in [2.45, 2.75) is 46.1 Å². The molecule has 29 heteroatoms. The average molecular weight is 1340 g/mol. The second kappa shape index (κ2) is 30.6. The van der Waals surface area contributed by atoms with Crippen LogP contribution in [0.15, 0.2) is 174 Å². The standard InChI is InChI=1S/C24H20ClN5O3.C24H22N6O3.C17H18N6O3.CH3Cl.CH4O/c2*1-2-10-29-19-9-8-17(13-18(19)23(31)30(29)14-16-6-4-3-5-7-16)28-11-12-33-22-20(24(28)32)21(25)26-15-27-22;1-2-5-23-12-4-3-10(8-11(12)15(24)21-23)22-6-7-26-16-13(17(22)25)14(18)19-9-20-16;2*1-2/h2-9,13,15H,1,10-12,14H2;2-9,13,15H,1,10-12,14H2,(H2,25,26,27);3-4,8-9H,2,5-7H2,1H3,(H,21,24)(H2,18,19,20);1H3;2H,1H3. The summed E-state index contributed by atoms with van der Waals surface area (Å²) >= 11 is 10.8. The molecule has 0 fully saturated rings. The van der Waals surface area contributed by atoms with Crippen molar-refractivity contribution < 1.29 is 33.7 Å². The first kappa shape index (κ1) is 67.5. The molecule has 0 radical (unpaired) electrons. The van der Waals surface area contributed by atoms with E-state index in [9.17, 15) is 28.8 Å². The summed E-state index contributed by atoms with van der Waals surface area (Å²) in [4.78, 5) is 107. The van der Waals surface area contributed by atoms with Crippen molar-refractivity contribution in [1.29, 1.82) is 0 Å². The molecule has 0 aliphatic carbocycles. The number of nitrogen functional groups attached to an aromatic ring is 2. The molecule has 11 aromatic rings. The van der Waals surface area contributed by atoms with Crippen molar-refractivity contribution in [1.82, 2.24) is 58.4 Å². The van der Waals surface area contributed by atoms with Crippen molar-refractivity contribution in [2.24, 2.45) is 0 Å². The minimum Gasteiger partial charge on any atom is -0.475 e. The molecule has 6 aromatic heterocycles. The number of alkyl halides is 1. The van der Waals surface area contributed by atoms with Crippen LogP contribution in [0.4, 0.5) is 28.7 Å². The molecule has 3 aliphatic rings. The average Bonchev–Trinajstić information content (AvgIpc) is 1.62. The topological polar surface area (TPSA) is 330 Å². The maximum absolute atomic E-state index is 13.4. The number of aliphatic hydroxyl groups is 1. The number of aryl methyl sites for hydroxylation is 1. The van der Waals surface area contributed by atoms with Gasteiger partial charge in [0.05, 0.1) is 78.5 Å². The highest BCUT2D eigenvalue weighted by Gasteiger charge is 2.33. The lowest BCUT2D eigenvalue weighted by atomic mass is 10.2. The summed E-state index contributed by atoms with van der Waals surface area (Å²) < 4.78 is 25.7. The van der Waals surface area contributed by atoms with Crippen LogP contribution in [-0.4, -0.2) is 134 Å². The Morgan fingerprint density at radius 2 is 0.906 bits per heavy atom. The van der Waals surface area contributed by atoms with Gasteiger partial charge in [0.15, 0.2) is 0 Å². The van der Waals surface area contributed by atoms with E-state index in [0.717, 1.165) is 47.8 Å². The molecule has 5 aromatic carbocycles. The highest BCUT2D eigenvalue weighted by Crippen LogP contribution is 2.33. The molecule has 27 nitrogen and oxygen atoms in total. The van der Waals surface area contributed by atoms with E-state index in [1.165, 1.54) is 40.1 Å². The minimum absolute atomic E-state index is 0.0281. The van der Waals surface area contributed by atoms with Gasteiger partial charge in [-0.2, -0.15) is 0 Å². The maximum atomic E-state index is 13.4. The van der Waals surface area contributed by atoms with Gasteiger partial charge in [-0.1, -0.05) is 91.3 Å². The van der Waals surface area contributed by atoms with E-state index in [1.807, 2.05) is 118 Å². The number of carbonyl (C=O) groups excluding carboxylic acids is 3. The number of nitrogens with zero attached hydrogens (tertiary/aromatic N) is 14. The number of aromatic amines is 1. The zero-order valence-electron chi connectivity index (χ0n) is 52.5. The molecule has 0 spiro atoms. The van der Waals surface area contributed by atoms with E-state index in [2.05, 4.69) is 59.8 Å². The van der Waals surface area contributed by atoms with E-state index in [4.69, 9.17) is 42.4 Å². The third kappa shape index (κ3) is 13.7. The van der Waals surface area contributed by atoms with Crippen LogP contribution in [0.3, 0.4) is 0 Å². The lowest BCUT2D eigenvalue weighted by Gasteiger charge is -2.20. The fourth-order valence-electron chi connectivity index (χ4n) is 11.3. The van der Waals surface area contributed by atoms with Crippen LogP contribution in [-0.2, 0) is 32.7 Å². The van der Waals surface area contributed by atoms with Gasteiger partial charge in [0.2, 0.25) is 17.6 Å².